The molecule has 1 aliphatic rings. The van der Waals surface area contributed by atoms with Crippen molar-refractivity contribution >= 4 is 18.1 Å². The molecule has 1 radical (unpaired) electrons. The van der Waals surface area contributed by atoms with E-state index >= 15 is 0 Å². The molecule has 2 amide bonds. The van der Waals surface area contributed by atoms with Gasteiger partial charge in [0, 0.05) is 25.1 Å². The Kier molecular flexibility index (Phi) is 3.37. The van der Waals surface area contributed by atoms with E-state index in [-0.39, 0.29) is 11.8 Å². The summed E-state index contributed by atoms with van der Waals surface area (Å²) in [5.41, 5.74) is 0. The Hall–Kier alpha value is -1.45. The summed E-state index contributed by atoms with van der Waals surface area (Å²) < 4.78 is 0. The predicted molar refractivity (Wildman–Crippen MR) is 45.4 cm³/mol. The van der Waals surface area contributed by atoms with Crippen molar-refractivity contribution in [3.63, 3.8) is 0 Å². The smallest absolute Gasteiger partial charge is 0.253 e. The highest BCUT2D eigenvalue weighted by Gasteiger charge is 2.21. The third-order valence-corrected chi connectivity index (χ3v) is 1.81. The maximum atomic E-state index is 11.0. The molecule has 4 heteroatoms. The predicted octanol–water partition coefficient (Wildman–Crippen LogP) is 0.191. The molecular formula is C9H10NO3. The number of imide groups is 1. The third-order valence-electron chi connectivity index (χ3n) is 1.81. The van der Waals surface area contributed by atoms with Crippen LogP contribution in [0.5, 0.6) is 0 Å². The van der Waals surface area contributed by atoms with Crippen molar-refractivity contribution in [2.75, 3.05) is 6.54 Å². The van der Waals surface area contributed by atoms with E-state index in [2.05, 4.69) is 0 Å². The Labute approximate surface area is 76.2 Å². The highest BCUT2D eigenvalue weighted by Crippen LogP contribution is 2.05. The van der Waals surface area contributed by atoms with Gasteiger partial charge in [0.05, 0.1) is 0 Å². The molecule has 0 bridgehead atoms. The molecule has 0 aliphatic carbocycles. The maximum absolute atomic E-state index is 11.0. The Morgan fingerprint density at radius 2 is 1.77 bits per heavy atom. The lowest BCUT2D eigenvalue weighted by Gasteiger charge is -2.12. The molecule has 0 atom stereocenters. The lowest BCUT2D eigenvalue weighted by atomic mass is 10.2. The molecule has 1 rings (SSSR count). The second kappa shape index (κ2) is 4.54. The fraction of sp³-hybridized carbons (Fsp3) is 0.444. The number of amides is 2. The van der Waals surface area contributed by atoms with Crippen molar-refractivity contribution in [2.24, 2.45) is 0 Å². The second-order valence-corrected chi connectivity index (χ2v) is 2.76. The molecule has 0 aromatic carbocycles. The molecule has 4 nitrogen and oxygen atoms in total. The number of carbonyl (C=O) groups excluding carboxylic acids is 3. The van der Waals surface area contributed by atoms with Gasteiger partial charge >= 0.3 is 0 Å². The fourth-order valence-corrected chi connectivity index (χ4v) is 1.12. The Morgan fingerprint density at radius 3 is 2.31 bits per heavy atom. The van der Waals surface area contributed by atoms with E-state index in [9.17, 15) is 14.4 Å². The largest absolute Gasteiger partial charge is 0.291 e. The number of hydrogen-bond donors (Lipinski definition) is 0. The zero-order valence-electron chi connectivity index (χ0n) is 7.16. The van der Waals surface area contributed by atoms with E-state index in [0.717, 1.165) is 0 Å². The summed E-state index contributed by atoms with van der Waals surface area (Å²) in [5, 5.41) is 0. The number of nitrogens with zero attached hydrogens (tertiary/aromatic N) is 1. The number of rotatable bonds is 5. The third kappa shape index (κ3) is 2.50. The molecule has 69 valence electrons. The van der Waals surface area contributed by atoms with Crippen LogP contribution in [0, 0.1) is 0 Å². The van der Waals surface area contributed by atoms with Crippen molar-refractivity contribution in [3.8, 4) is 0 Å². The quantitative estimate of drug-likeness (QED) is 0.448. The highest BCUT2D eigenvalue weighted by molar-refractivity contribution is 6.12. The van der Waals surface area contributed by atoms with Gasteiger partial charge in [0.15, 0.2) is 6.29 Å². The van der Waals surface area contributed by atoms with Crippen molar-refractivity contribution < 1.29 is 14.4 Å². The standard InChI is InChI=1S/C9H10NO3/c11-7-3-1-2-6-10-8(12)4-5-9(10)13/h4-5H,1-3,6H2. The molecule has 0 aromatic rings. The molecule has 0 spiro atoms. The van der Waals surface area contributed by atoms with Crippen molar-refractivity contribution in [1.82, 2.24) is 4.90 Å². The van der Waals surface area contributed by atoms with Crippen LogP contribution in [-0.4, -0.2) is 29.5 Å². The number of hydrogen-bond acceptors (Lipinski definition) is 3. The zero-order valence-corrected chi connectivity index (χ0v) is 7.16. The van der Waals surface area contributed by atoms with Gasteiger partial charge in [-0.15, -0.1) is 0 Å². The van der Waals surface area contributed by atoms with Gasteiger partial charge in [0.2, 0.25) is 0 Å². The van der Waals surface area contributed by atoms with Crippen LogP contribution in [0.1, 0.15) is 19.3 Å². The Balaban J connectivity index is 2.25. The molecule has 0 saturated heterocycles. The summed E-state index contributed by atoms with van der Waals surface area (Å²) in [6.45, 7) is 0.395. The minimum atomic E-state index is -0.264. The molecule has 0 fully saturated rings. The fourth-order valence-electron chi connectivity index (χ4n) is 1.12. The first kappa shape index (κ1) is 9.64. The van der Waals surface area contributed by atoms with E-state index in [1.165, 1.54) is 17.1 Å². The van der Waals surface area contributed by atoms with Gasteiger partial charge in [-0.05, 0) is 12.8 Å². The van der Waals surface area contributed by atoms with Gasteiger partial charge < -0.3 is 0 Å². The van der Waals surface area contributed by atoms with Gasteiger partial charge in [-0.3, -0.25) is 19.3 Å². The first-order valence-electron chi connectivity index (χ1n) is 4.14. The number of unbranched alkanes of at least 4 members (excludes halogenated alkanes) is 2. The van der Waals surface area contributed by atoms with Gasteiger partial charge in [0.1, 0.15) is 0 Å². The first-order valence-corrected chi connectivity index (χ1v) is 4.14. The lowest BCUT2D eigenvalue weighted by Crippen LogP contribution is -2.30. The molecular weight excluding hydrogens is 170 g/mol. The van der Waals surface area contributed by atoms with Gasteiger partial charge in [-0.1, -0.05) is 0 Å². The molecule has 0 aromatic heterocycles. The summed E-state index contributed by atoms with van der Waals surface area (Å²) in [7, 11) is 0. The van der Waals surface area contributed by atoms with E-state index in [0.29, 0.717) is 25.8 Å². The van der Waals surface area contributed by atoms with Crippen LogP contribution < -0.4 is 0 Å². The average molecular weight is 180 g/mol. The summed E-state index contributed by atoms with van der Waals surface area (Å²) in [4.78, 5) is 33.0. The van der Waals surface area contributed by atoms with Gasteiger partial charge in [0.25, 0.3) is 11.8 Å². The van der Waals surface area contributed by atoms with Crippen LogP contribution in [0.2, 0.25) is 0 Å². The maximum Gasteiger partial charge on any atom is 0.253 e. The monoisotopic (exact) mass is 180 g/mol. The van der Waals surface area contributed by atoms with Crippen molar-refractivity contribution in [1.29, 1.82) is 0 Å². The van der Waals surface area contributed by atoms with Crippen LogP contribution in [-0.2, 0) is 14.4 Å². The van der Waals surface area contributed by atoms with Crippen LogP contribution in [0.25, 0.3) is 0 Å². The molecule has 0 saturated carbocycles. The van der Waals surface area contributed by atoms with Gasteiger partial charge in [-0.25, -0.2) is 0 Å². The van der Waals surface area contributed by atoms with E-state index in [1.54, 1.807) is 6.29 Å². The lowest BCUT2D eigenvalue weighted by molar-refractivity contribution is -0.136. The van der Waals surface area contributed by atoms with Crippen molar-refractivity contribution in [3.05, 3.63) is 12.2 Å². The molecule has 1 heterocycles. The van der Waals surface area contributed by atoms with E-state index in [1.807, 2.05) is 0 Å². The van der Waals surface area contributed by atoms with E-state index in [4.69, 9.17) is 0 Å². The SMILES string of the molecule is O=[C]CCCCN1C(=O)C=CC1=O. The average Bonchev–Trinajstić information content (AvgIpc) is 2.42. The molecule has 13 heavy (non-hydrogen) atoms. The van der Waals surface area contributed by atoms with Crippen LogP contribution in [0.3, 0.4) is 0 Å². The molecule has 0 unspecified atom stereocenters. The van der Waals surface area contributed by atoms with Crippen molar-refractivity contribution in [2.45, 2.75) is 19.3 Å². The minimum Gasteiger partial charge on any atom is -0.291 e. The summed E-state index contributed by atoms with van der Waals surface area (Å²) >= 11 is 0. The molecule has 0 N–H and O–H groups in total. The Bertz CT molecular complexity index is 240. The van der Waals surface area contributed by atoms with Crippen LogP contribution in [0.15, 0.2) is 12.2 Å². The van der Waals surface area contributed by atoms with Crippen LogP contribution >= 0.6 is 0 Å². The van der Waals surface area contributed by atoms with Crippen LogP contribution in [0.4, 0.5) is 0 Å². The zero-order chi connectivity index (χ0) is 9.68. The topological polar surface area (TPSA) is 54.5 Å². The highest BCUT2D eigenvalue weighted by atomic mass is 16.2. The van der Waals surface area contributed by atoms with Gasteiger partial charge in [-0.2, -0.15) is 0 Å². The summed E-state index contributed by atoms with van der Waals surface area (Å²) in [6, 6.07) is 0. The number of carbonyl (C=O) groups is 2. The summed E-state index contributed by atoms with van der Waals surface area (Å²) in [5.74, 6) is -0.528. The first-order chi connectivity index (χ1) is 6.25. The minimum absolute atomic E-state index is 0.264. The summed E-state index contributed by atoms with van der Waals surface area (Å²) in [6.07, 6.45) is 5.97. The van der Waals surface area contributed by atoms with E-state index < -0.39 is 0 Å². The molecule has 1 aliphatic heterocycles. The Morgan fingerprint density at radius 1 is 1.15 bits per heavy atom. The second-order valence-electron chi connectivity index (χ2n) is 2.76. The normalized spacial score (nSPS) is 15.5.